The molecule has 2 atom stereocenters. The number of nitrogens with zero attached hydrogens (tertiary/aromatic N) is 1. The van der Waals surface area contributed by atoms with Crippen LogP contribution in [0, 0.1) is 5.92 Å². The van der Waals surface area contributed by atoms with Gasteiger partial charge in [0.15, 0.2) is 5.78 Å². The van der Waals surface area contributed by atoms with Gasteiger partial charge >= 0.3 is 0 Å². The summed E-state index contributed by atoms with van der Waals surface area (Å²) >= 11 is 0. The number of nitrogens with one attached hydrogen (secondary N) is 1. The predicted molar refractivity (Wildman–Crippen MR) is 60.5 cm³/mol. The molecule has 15 heavy (non-hydrogen) atoms. The highest BCUT2D eigenvalue weighted by Gasteiger charge is 2.25. The molecule has 0 amide bonds. The van der Waals surface area contributed by atoms with Gasteiger partial charge in [0.1, 0.15) is 0 Å². The van der Waals surface area contributed by atoms with Gasteiger partial charge in [0.2, 0.25) is 0 Å². The number of carbonyl (C=O) groups is 1. The second-order valence-electron chi connectivity index (χ2n) is 4.91. The Kier molecular flexibility index (Phi) is 3.10. The Morgan fingerprint density at radius 1 is 1.47 bits per heavy atom. The third-order valence-corrected chi connectivity index (χ3v) is 3.46. The highest BCUT2D eigenvalue weighted by molar-refractivity contribution is 5.92. The zero-order chi connectivity index (χ0) is 10.8. The van der Waals surface area contributed by atoms with Crippen LogP contribution in [0.1, 0.15) is 26.2 Å². The summed E-state index contributed by atoms with van der Waals surface area (Å²) in [4.78, 5) is 13.5. The standard InChI is InChI=1S/C12H20N2O/c1-9-8-14(2)6-5-12(9)13-10-3-4-11(15)7-10/h7,9,12-13H,3-6,8H2,1-2H3. The molecule has 1 fully saturated rings. The zero-order valence-electron chi connectivity index (χ0n) is 9.62. The lowest BCUT2D eigenvalue weighted by Gasteiger charge is -2.36. The van der Waals surface area contributed by atoms with Crippen molar-refractivity contribution >= 4 is 5.78 Å². The Morgan fingerprint density at radius 2 is 2.27 bits per heavy atom. The van der Waals surface area contributed by atoms with Crippen molar-refractivity contribution in [3.05, 3.63) is 11.8 Å². The molecule has 1 aliphatic heterocycles. The Labute approximate surface area is 91.5 Å². The maximum Gasteiger partial charge on any atom is 0.157 e. The summed E-state index contributed by atoms with van der Waals surface area (Å²) in [5.74, 6) is 0.943. The van der Waals surface area contributed by atoms with E-state index in [0.29, 0.717) is 18.4 Å². The zero-order valence-corrected chi connectivity index (χ0v) is 9.62. The topological polar surface area (TPSA) is 32.3 Å². The number of carbonyl (C=O) groups excluding carboxylic acids is 1. The average Bonchev–Trinajstić information content (AvgIpc) is 2.56. The highest BCUT2D eigenvalue weighted by Crippen LogP contribution is 2.19. The Balaban J connectivity index is 1.89. The molecular formula is C12H20N2O. The number of hydrogen-bond acceptors (Lipinski definition) is 3. The van der Waals surface area contributed by atoms with Crippen molar-refractivity contribution in [2.45, 2.75) is 32.2 Å². The summed E-state index contributed by atoms with van der Waals surface area (Å²) in [5, 5.41) is 3.53. The van der Waals surface area contributed by atoms with Crippen LogP contribution in [0.3, 0.4) is 0 Å². The Bertz CT molecular complexity index is 285. The van der Waals surface area contributed by atoms with Crippen LogP contribution in [0.25, 0.3) is 0 Å². The first-order chi connectivity index (χ1) is 7.15. The first-order valence-electron chi connectivity index (χ1n) is 5.83. The Morgan fingerprint density at radius 3 is 2.87 bits per heavy atom. The van der Waals surface area contributed by atoms with Gasteiger partial charge in [0.25, 0.3) is 0 Å². The molecule has 0 bridgehead atoms. The van der Waals surface area contributed by atoms with Gasteiger partial charge in [-0.15, -0.1) is 0 Å². The predicted octanol–water partition coefficient (Wildman–Crippen LogP) is 1.16. The van der Waals surface area contributed by atoms with Crippen molar-refractivity contribution in [1.82, 2.24) is 10.2 Å². The van der Waals surface area contributed by atoms with Crippen LogP contribution in [0.5, 0.6) is 0 Å². The number of hydrogen-bond donors (Lipinski definition) is 1. The minimum absolute atomic E-state index is 0.276. The van der Waals surface area contributed by atoms with Crippen LogP contribution in [-0.4, -0.2) is 36.9 Å². The molecule has 0 aromatic carbocycles. The van der Waals surface area contributed by atoms with E-state index in [1.54, 1.807) is 6.08 Å². The minimum Gasteiger partial charge on any atom is -0.385 e. The maximum absolute atomic E-state index is 11.1. The summed E-state index contributed by atoms with van der Waals surface area (Å²) in [5.41, 5.74) is 1.15. The van der Waals surface area contributed by atoms with Gasteiger partial charge in [0.05, 0.1) is 0 Å². The van der Waals surface area contributed by atoms with E-state index in [0.717, 1.165) is 25.2 Å². The van der Waals surface area contributed by atoms with Crippen molar-refractivity contribution in [3.8, 4) is 0 Å². The van der Waals surface area contributed by atoms with E-state index >= 15 is 0 Å². The highest BCUT2D eigenvalue weighted by atomic mass is 16.1. The third kappa shape index (κ3) is 2.59. The number of likely N-dealkylation sites (tertiary alicyclic amines) is 1. The van der Waals surface area contributed by atoms with Crippen LogP contribution in [0.2, 0.25) is 0 Å². The molecule has 1 N–H and O–H groups in total. The van der Waals surface area contributed by atoms with Gasteiger partial charge in [-0.1, -0.05) is 6.92 Å². The number of rotatable bonds is 2. The molecule has 3 heteroatoms. The fraction of sp³-hybridized carbons (Fsp3) is 0.750. The molecule has 84 valence electrons. The number of piperidine rings is 1. The van der Waals surface area contributed by atoms with Crippen molar-refractivity contribution in [2.75, 3.05) is 20.1 Å². The van der Waals surface area contributed by atoms with E-state index in [1.165, 1.54) is 6.42 Å². The monoisotopic (exact) mass is 208 g/mol. The summed E-state index contributed by atoms with van der Waals surface area (Å²) in [7, 11) is 2.17. The SMILES string of the molecule is CC1CN(C)CCC1NC1=CC(=O)CC1. The van der Waals surface area contributed by atoms with Gasteiger partial charge in [0, 0.05) is 30.8 Å². The van der Waals surface area contributed by atoms with Gasteiger partial charge in [-0.2, -0.15) is 0 Å². The largest absolute Gasteiger partial charge is 0.385 e. The van der Waals surface area contributed by atoms with E-state index in [-0.39, 0.29) is 5.78 Å². The second-order valence-corrected chi connectivity index (χ2v) is 4.91. The van der Waals surface area contributed by atoms with E-state index in [1.807, 2.05) is 0 Å². The summed E-state index contributed by atoms with van der Waals surface area (Å²) in [6, 6.07) is 0.554. The van der Waals surface area contributed by atoms with Gasteiger partial charge in [-0.25, -0.2) is 0 Å². The number of ketones is 1. The molecule has 3 nitrogen and oxygen atoms in total. The van der Waals surface area contributed by atoms with Crippen LogP contribution in [0.4, 0.5) is 0 Å². The summed E-state index contributed by atoms with van der Waals surface area (Å²) in [6.45, 7) is 4.59. The van der Waals surface area contributed by atoms with Crippen molar-refractivity contribution < 1.29 is 4.79 Å². The molecule has 0 aromatic heterocycles. The van der Waals surface area contributed by atoms with E-state index in [4.69, 9.17) is 0 Å². The normalized spacial score (nSPS) is 32.9. The lowest BCUT2D eigenvalue weighted by Crippen LogP contribution is -2.46. The smallest absolute Gasteiger partial charge is 0.157 e. The van der Waals surface area contributed by atoms with Crippen molar-refractivity contribution in [3.63, 3.8) is 0 Å². The summed E-state index contributed by atoms with van der Waals surface area (Å²) < 4.78 is 0. The van der Waals surface area contributed by atoms with E-state index in [2.05, 4.69) is 24.2 Å². The second kappa shape index (κ2) is 4.35. The van der Waals surface area contributed by atoms with Gasteiger partial charge in [-0.05, 0) is 32.4 Å². The molecule has 0 radical (unpaired) electrons. The summed E-state index contributed by atoms with van der Waals surface area (Å²) in [6.07, 6.45) is 4.58. The maximum atomic E-state index is 11.1. The van der Waals surface area contributed by atoms with Crippen molar-refractivity contribution in [1.29, 1.82) is 0 Å². The van der Waals surface area contributed by atoms with Crippen LogP contribution in [0.15, 0.2) is 11.8 Å². The lowest BCUT2D eigenvalue weighted by atomic mass is 9.94. The van der Waals surface area contributed by atoms with E-state index in [9.17, 15) is 4.79 Å². The van der Waals surface area contributed by atoms with Crippen molar-refractivity contribution in [2.24, 2.45) is 5.92 Å². The van der Waals surface area contributed by atoms with E-state index < -0.39 is 0 Å². The molecule has 0 spiro atoms. The first-order valence-corrected chi connectivity index (χ1v) is 5.83. The van der Waals surface area contributed by atoms with Gasteiger partial charge in [-0.3, -0.25) is 4.79 Å². The molecule has 2 unspecified atom stereocenters. The molecule has 1 heterocycles. The Hall–Kier alpha value is -0.830. The first kappa shape index (κ1) is 10.7. The molecule has 2 aliphatic rings. The molecular weight excluding hydrogens is 188 g/mol. The fourth-order valence-electron chi connectivity index (χ4n) is 2.52. The van der Waals surface area contributed by atoms with Crippen LogP contribution < -0.4 is 5.32 Å². The fourth-order valence-corrected chi connectivity index (χ4v) is 2.52. The molecule has 0 aromatic rings. The number of allylic oxidation sites excluding steroid dienone is 2. The molecule has 2 rings (SSSR count). The molecule has 1 aliphatic carbocycles. The quantitative estimate of drug-likeness (QED) is 0.739. The lowest BCUT2D eigenvalue weighted by molar-refractivity contribution is -0.114. The molecule has 0 saturated carbocycles. The third-order valence-electron chi connectivity index (χ3n) is 3.46. The minimum atomic E-state index is 0.276. The van der Waals surface area contributed by atoms with Gasteiger partial charge < -0.3 is 10.2 Å². The van der Waals surface area contributed by atoms with Crippen LogP contribution in [-0.2, 0) is 4.79 Å². The average molecular weight is 208 g/mol. The van der Waals surface area contributed by atoms with Crippen LogP contribution >= 0.6 is 0 Å². The molecule has 1 saturated heterocycles.